The molecule has 0 bridgehead atoms. The Kier molecular flexibility index (Phi) is 4.44. The molecular formula is C12H11BrClNO4. The maximum Gasteiger partial charge on any atom is 0.334 e. The highest BCUT2D eigenvalue weighted by Crippen LogP contribution is 2.23. The molecule has 1 N–H and O–H groups in total. The maximum absolute atomic E-state index is 12.3. The van der Waals surface area contributed by atoms with E-state index in [4.69, 9.17) is 21.4 Å². The summed E-state index contributed by atoms with van der Waals surface area (Å²) in [5.41, 5.74) is 0.415. The van der Waals surface area contributed by atoms with Crippen molar-refractivity contribution in [2.24, 2.45) is 0 Å². The Balaban J connectivity index is 2.19. The summed E-state index contributed by atoms with van der Waals surface area (Å²) in [6.07, 6.45) is -0.976. The van der Waals surface area contributed by atoms with Crippen molar-refractivity contribution in [3.05, 3.63) is 33.3 Å². The van der Waals surface area contributed by atoms with Crippen LogP contribution in [0.5, 0.6) is 0 Å². The predicted octanol–water partition coefficient (Wildman–Crippen LogP) is 2.03. The Hall–Kier alpha value is -1.11. The van der Waals surface area contributed by atoms with Gasteiger partial charge in [0.1, 0.15) is 0 Å². The van der Waals surface area contributed by atoms with Gasteiger partial charge in [-0.25, -0.2) is 4.79 Å². The van der Waals surface area contributed by atoms with Crippen molar-refractivity contribution < 1.29 is 19.4 Å². The lowest BCUT2D eigenvalue weighted by atomic mass is 10.1. The second kappa shape index (κ2) is 5.90. The van der Waals surface area contributed by atoms with Gasteiger partial charge in [-0.3, -0.25) is 4.79 Å². The van der Waals surface area contributed by atoms with Gasteiger partial charge in [-0.05, 0) is 34.1 Å². The van der Waals surface area contributed by atoms with Gasteiger partial charge < -0.3 is 14.7 Å². The van der Waals surface area contributed by atoms with Crippen LogP contribution in [-0.2, 0) is 9.53 Å². The molecule has 0 aromatic heterocycles. The van der Waals surface area contributed by atoms with Crippen LogP contribution in [0.15, 0.2) is 22.7 Å². The number of nitrogens with zero attached hydrogens (tertiary/aromatic N) is 1. The zero-order valence-electron chi connectivity index (χ0n) is 9.81. The summed E-state index contributed by atoms with van der Waals surface area (Å²) in [6, 6.07) is 4.91. The van der Waals surface area contributed by atoms with E-state index in [2.05, 4.69) is 15.9 Å². The summed E-state index contributed by atoms with van der Waals surface area (Å²) in [4.78, 5) is 24.7. The standard InChI is InChI=1S/C12H11BrClNO4/c13-9-2-1-7(14)5-8(9)11(16)15-3-4-19-10(6-15)12(17)18/h1-2,5,10H,3-4,6H2,(H,17,18)/t10-/m0/s1. The number of benzene rings is 1. The normalized spacial score (nSPS) is 19.3. The third-order valence-corrected chi connectivity index (χ3v) is 3.71. The summed E-state index contributed by atoms with van der Waals surface area (Å²) >= 11 is 9.16. The smallest absolute Gasteiger partial charge is 0.334 e. The fourth-order valence-electron chi connectivity index (χ4n) is 1.81. The van der Waals surface area contributed by atoms with Gasteiger partial charge >= 0.3 is 5.97 Å². The number of hydrogen-bond donors (Lipinski definition) is 1. The van der Waals surface area contributed by atoms with Crippen molar-refractivity contribution in [2.75, 3.05) is 19.7 Å². The van der Waals surface area contributed by atoms with Crippen LogP contribution in [0.3, 0.4) is 0 Å². The highest BCUT2D eigenvalue weighted by Gasteiger charge is 2.30. The molecule has 0 aliphatic carbocycles. The van der Waals surface area contributed by atoms with Gasteiger partial charge in [-0.2, -0.15) is 0 Å². The second-order valence-electron chi connectivity index (χ2n) is 4.07. The van der Waals surface area contributed by atoms with Crippen molar-refractivity contribution in [3.8, 4) is 0 Å². The zero-order chi connectivity index (χ0) is 14.0. The van der Waals surface area contributed by atoms with Gasteiger partial charge in [0.2, 0.25) is 0 Å². The van der Waals surface area contributed by atoms with Gasteiger partial charge in [0, 0.05) is 16.0 Å². The number of rotatable bonds is 2. The Labute approximate surface area is 123 Å². The molecule has 1 aromatic carbocycles. The average molecular weight is 349 g/mol. The number of hydrogen-bond acceptors (Lipinski definition) is 3. The van der Waals surface area contributed by atoms with Gasteiger partial charge in [0.25, 0.3) is 5.91 Å². The van der Waals surface area contributed by atoms with Gasteiger partial charge in [0.05, 0.1) is 18.7 Å². The van der Waals surface area contributed by atoms with Crippen LogP contribution in [0.1, 0.15) is 10.4 Å². The summed E-state index contributed by atoms with van der Waals surface area (Å²) in [5, 5.41) is 9.37. The summed E-state index contributed by atoms with van der Waals surface area (Å²) in [5.74, 6) is -1.33. The molecule has 1 amide bonds. The van der Waals surface area contributed by atoms with Crippen molar-refractivity contribution in [1.82, 2.24) is 4.90 Å². The molecule has 0 unspecified atom stereocenters. The van der Waals surface area contributed by atoms with Crippen LogP contribution >= 0.6 is 27.5 Å². The van der Waals surface area contributed by atoms with Crippen LogP contribution in [0, 0.1) is 0 Å². The number of carboxylic acid groups (broad SMARTS) is 1. The van der Waals surface area contributed by atoms with Crippen molar-refractivity contribution in [1.29, 1.82) is 0 Å². The fraction of sp³-hybridized carbons (Fsp3) is 0.333. The molecule has 1 saturated heterocycles. The predicted molar refractivity (Wildman–Crippen MR) is 72.4 cm³/mol. The van der Waals surface area contributed by atoms with Crippen molar-refractivity contribution in [3.63, 3.8) is 0 Å². The highest BCUT2D eigenvalue weighted by molar-refractivity contribution is 9.10. The van der Waals surface area contributed by atoms with E-state index in [0.717, 1.165) is 0 Å². The monoisotopic (exact) mass is 347 g/mol. The SMILES string of the molecule is O=C(O)[C@@H]1CN(C(=O)c2cc(Cl)ccc2Br)CCO1. The topological polar surface area (TPSA) is 66.8 Å². The van der Waals surface area contributed by atoms with E-state index in [9.17, 15) is 9.59 Å². The number of halogens is 2. The lowest BCUT2D eigenvalue weighted by Gasteiger charge is -2.31. The molecule has 5 nitrogen and oxygen atoms in total. The van der Waals surface area contributed by atoms with Crippen LogP contribution < -0.4 is 0 Å². The molecule has 2 rings (SSSR count). The van der Waals surface area contributed by atoms with Crippen LogP contribution in [-0.4, -0.2) is 47.7 Å². The molecule has 1 aromatic rings. The Morgan fingerprint density at radius 3 is 2.89 bits per heavy atom. The van der Waals surface area contributed by atoms with E-state index < -0.39 is 12.1 Å². The molecule has 0 radical (unpaired) electrons. The number of carbonyl (C=O) groups excluding carboxylic acids is 1. The molecule has 1 fully saturated rings. The number of carbonyl (C=O) groups is 2. The van der Waals surface area contributed by atoms with Crippen LogP contribution in [0.2, 0.25) is 5.02 Å². The highest BCUT2D eigenvalue weighted by atomic mass is 79.9. The molecule has 1 heterocycles. The first-order valence-electron chi connectivity index (χ1n) is 5.58. The zero-order valence-corrected chi connectivity index (χ0v) is 12.1. The van der Waals surface area contributed by atoms with Gasteiger partial charge in [-0.1, -0.05) is 11.6 Å². The number of carboxylic acids is 1. The van der Waals surface area contributed by atoms with E-state index in [-0.39, 0.29) is 19.1 Å². The van der Waals surface area contributed by atoms with Crippen molar-refractivity contribution in [2.45, 2.75) is 6.10 Å². The number of ether oxygens (including phenoxy) is 1. The van der Waals surface area contributed by atoms with Gasteiger partial charge in [0.15, 0.2) is 6.10 Å². The lowest BCUT2D eigenvalue weighted by Crippen LogP contribution is -2.48. The van der Waals surface area contributed by atoms with E-state index >= 15 is 0 Å². The van der Waals surface area contributed by atoms with E-state index in [0.29, 0.717) is 21.6 Å². The minimum absolute atomic E-state index is 0.0348. The summed E-state index contributed by atoms with van der Waals surface area (Å²) in [6.45, 7) is 0.607. The summed E-state index contributed by atoms with van der Waals surface area (Å²) in [7, 11) is 0. The number of amides is 1. The molecule has 1 aliphatic rings. The number of morpholine rings is 1. The van der Waals surface area contributed by atoms with E-state index in [1.165, 1.54) is 4.90 Å². The fourth-order valence-corrected chi connectivity index (χ4v) is 2.40. The van der Waals surface area contributed by atoms with E-state index in [1.807, 2.05) is 0 Å². The third-order valence-electron chi connectivity index (χ3n) is 2.79. The Morgan fingerprint density at radius 1 is 1.47 bits per heavy atom. The molecule has 19 heavy (non-hydrogen) atoms. The molecular weight excluding hydrogens is 337 g/mol. The molecule has 1 atom stereocenters. The molecule has 0 spiro atoms. The maximum atomic E-state index is 12.3. The second-order valence-corrected chi connectivity index (χ2v) is 5.36. The van der Waals surface area contributed by atoms with Gasteiger partial charge in [-0.15, -0.1) is 0 Å². The minimum atomic E-state index is -1.07. The molecule has 1 aliphatic heterocycles. The Morgan fingerprint density at radius 2 is 2.21 bits per heavy atom. The minimum Gasteiger partial charge on any atom is -0.479 e. The molecule has 102 valence electrons. The first-order valence-corrected chi connectivity index (χ1v) is 6.75. The largest absolute Gasteiger partial charge is 0.479 e. The Bertz CT molecular complexity index is 522. The quantitative estimate of drug-likeness (QED) is 0.888. The third kappa shape index (κ3) is 3.26. The van der Waals surface area contributed by atoms with Crippen LogP contribution in [0.4, 0.5) is 0 Å². The first kappa shape index (κ1) is 14.3. The van der Waals surface area contributed by atoms with Crippen LogP contribution in [0.25, 0.3) is 0 Å². The molecule has 0 saturated carbocycles. The number of aliphatic carboxylic acids is 1. The molecule has 7 heteroatoms. The summed E-state index contributed by atoms with van der Waals surface area (Å²) < 4.78 is 5.70. The lowest BCUT2D eigenvalue weighted by molar-refractivity contribution is -0.154. The van der Waals surface area contributed by atoms with Crippen molar-refractivity contribution >= 4 is 39.4 Å². The average Bonchev–Trinajstić information content (AvgIpc) is 2.41. The first-order chi connectivity index (χ1) is 8.99. The van der Waals surface area contributed by atoms with E-state index in [1.54, 1.807) is 18.2 Å².